The van der Waals surface area contributed by atoms with Crippen molar-refractivity contribution in [1.82, 2.24) is 15.0 Å². The average molecular weight is 780 g/mol. The molecule has 2 aromatic heterocycles. The number of aromatic nitrogens is 3. The Hall–Kier alpha value is -7.75. The van der Waals surface area contributed by atoms with Gasteiger partial charge in [0.15, 0.2) is 5.82 Å². The van der Waals surface area contributed by atoms with Gasteiger partial charge in [0, 0.05) is 33.1 Å². The van der Waals surface area contributed by atoms with Gasteiger partial charge in [-0.1, -0.05) is 184 Å². The molecule has 0 fully saturated rings. The fraction of sp³-hybridized carbons (Fsp3) is 0.0517. The van der Waals surface area contributed by atoms with Gasteiger partial charge < -0.3 is 0 Å². The van der Waals surface area contributed by atoms with Crippen molar-refractivity contribution in [2.75, 3.05) is 0 Å². The van der Waals surface area contributed by atoms with E-state index >= 15 is 0 Å². The highest BCUT2D eigenvalue weighted by atomic mass is 14.9. The second kappa shape index (κ2) is 14.8. The summed E-state index contributed by atoms with van der Waals surface area (Å²) in [6, 6.07) is 75.4. The van der Waals surface area contributed by atoms with Gasteiger partial charge in [-0.15, -0.1) is 0 Å². The normalized spacial score (nSPS) is 12.6. The maximum atomic E-state index is 5.34. The number of hydrogen-bond acceptors (Lipinski definition) is 3. The van der Waals surface area contributed by atoms with Crippen LogP contribution >= 0.6 is 0 Å². The van der Waals surface area contributed by atoms with Crippen molar-refractivity contribution in [2.45, 2.75) is 19.3 Å². The molecule has 11 rings (SSSR count). The van der Waals surface area contributed by atoms with Gasteiger partial charge in [-0.2, -0.15) is 0 Å². The predicted molar refractivity (Wildman–Crippen MR) is 253 cm³/mol. The van der Waals surface area contributed by atoms with Gasteiger partial charge in [0.25, 0.3) is 0 Å². The fourth-order valence-electron chi connectivity index (χ4n) is 9.09. The highest BCUT2D eigenvalue weighted by molar-refractivity contribution is 6.02. The van der Waals surface area contributed by atoms with Crippen molar-refractivity contribution in [1.29, 1.82) is 0 Å². The van der Waals surface area contributed by atoms with Crippen LogP contribution in [0.25, 0.3) is 101 Å². The molecule has 8 aromatic carbocycles. The molecule has 0 saturated carbocycles. The summed E-state index contributed by atoms with van der Waals surface area (Å²) in [4.78, 5) is 16.0. The molecular formula is C58H41N3. The summed E-state index contributed by atoms with van der Waals surface area (Å²) >= 11 is 0. The molecule has 0 spiro atoms. The summed E-state index contributed by atoms with van der Waals surface area (Å²) in [6.07, 6.45) is 0. The van der Waals surface area contributed by atoms with E-state index in [0.717, 1.165) is 72.5 Å². The third kappa shape index (κ3) is 6.61. The zero-order valence-electron chi connectivity index (χ0n) is 34.0. The van der Waals surface area contributed by atoms with Crippen LogP contribution in [0.5, 0.6) is 0 Å². The molecule has 0 radical (unpaired) electrons. The van der Waals surface area contributed by atoms with Crippen molar-refractivity contribution >= 4 is 10.9 Å². The first-order valence-electron chi connectivity index (χ1n) is 20.9. The van der Waals surface area contributed by atoms with E-state index in [1.165, 1.54) is 33.4 Å². The molecular weight excluding hydrogens is 739 g/mol. The second-order valence-electron chi connectivity index (χ2n) is 16.4. The topological polar surface area (TPSA) is 38.7 Å². The minimum absolute atomic E-state index is 0.133. The standard InChI is InChI=1S/C58H41N3/c1-58(2)51-30-13-12-29-47(51)49-34-50-48(35-53(40-21-10-5-11-22-40)59-56(50)36-52(49)58)43-25-16-28-46(33-43)57-60-54(44-26-14-23-41(31-44)38-17-6-3-7-18-38)37-55(61-57)45-27-15-24-42(32-45)39-19-8-4-9-20-39/h3-37H,1-2H3. The summed E-state index contributed by atoms with van der Waals surface area (Å²) in [5, 5.41) is 1.12. The number of pyridine rings is 1. The molecule has 0 unspecified atom stereocenters. The Bertz CT molecular complexity index is 3160. The smallest absolute Gasteiger partial charge is 0.160 e. The molecule has 0 atom stereocenters. The van der Waals surface area contributed by atoms with Crippen molar-refractivity contribution < 1.29 is 0 Å². The minimum atomic E-state index is -0.133. The Labute approximate surface area is 356 Å². The minimum Gasteiger partial charge on any atom is -0.248 e. The molecule has 0 amide bonds. The molecule has 3 heteroatoms. The van der Waals surface area contributed by atoms with Gasteiger partial charge in [0.2, 0.25) is 0 Å². The van der Waals surface area contributed by atoms with Gasteiger partial charge >= 0.3 is 0 Å². The molecule has 61 heavy (non-hydrogen) atoms. The quantitative estimate of drug-likeness (QED) is 0.162. The molecule has 0 N–H and O–H groups in total. The van der Waals surface area contributed by atoms with Gasteiger partial charge in [-0.3, -0.25) is 0 Å². The first-order chi connectivity index (χ1) is 30.0. The third-order valence-electron chi connectivity index (χ3n) is 12.3. The second-order valence-corrected chi connectivity index (χ2v) is 16.4. The monoisotopic (exact) mass is 779 g/mol. The Morgan fingerprint density at radius 3 is 1.39 bits per heavy atom. The molecule has 3 nitrogen and oxygen atoms in total. The number of hydrogen-bond donors (Lipinski definition) is 0. The van der Waals surface area contributed by atoms with Gasteiger partial charge in [0.05, 0.1) is 22.6 Å². The molecule has 0 aliphatic heterocycles. The van der Waals surface area contributed by atoms with Crippen LogP contribution in [0.3, 0.4) is 0 Å². The molecule has 1 aliphatic rings. The van der Waals surface area contributed by atoms with E-state index in [1.54, 1.807) is 0 Å². The predicted octanol–water partition coefficient (Wildman–Crippen LogP) is 15.0. The lowest BCUT2D eigenvalue weighted by Crippen LogP contribution is -2.14. The van der Waals surface area contributed by atoms with Crippen molar-refractivity contribution in [3.8, 4) is 89.7 Å². The van der Waals surface area contributed by atoms with Crippen LogP contribution in [0.15, 0.2) is 212 Å². The van der Waals surface area contributed by atoms with Crippen LogP contribution in [0.2, 0.25) is 0 Å². The van der Waals surface area contributed by atoms with E-state index in [4.69, 9.17) is 15.0 Å². The largest absolute Gasteiger partial charge is 0.248 e. The Kier molecular flexibility index (Phi) is 8.82. The molecule has 10 aromatic rings. The van der Waals surface area contributed by atoms with Gasteiger partial charge in [-0.05, 0) is 98.1 Å². The number of nitrogens with zero attached hydrogens (tertiary/aromatic N) is 3. The lowest BCUT2D eigenvalue weighted by Gasteiger charge is -2.22. The van der Waals surface area contributed by atoms with Crippen LogP contribution < -0.4 is 0 Å². The van der Waals surface area contributed by atoms with E-state index in [0.29, 0.717) is 5.82 Å². The lowest BCUT2D eigenvalue weighted by molar-refractivity contribution is 0.661. The maximum Gasteiger partial charge on any atom is 0.160 e. The van der Waals surface area contributed by atoms with Crippen LogP contribution in [0.1, 0.15) is 25.0 Å². The average Bonchev–Trinajstić information content (AvgIpc) is 3.56. The van der Waals surface area contributed by atoms with Crippen molar-refractivity contribution in [3.05, 3.63) is 223 Å². The highest BCUT2D eigenvalue weighted by Gasteiger charge is 2.36. The first-order valence-corrected chi connectivity index (χ1v) is 20.9. The number of rotatable bonds is 7. The van der Waals surface area contributed by atoms with Crippen LogP contribution in [-0.4, -0.2) is 15.0 Å². The summed E-state index contributed by atoms with van der Waals surface area (Å²) in [5.41, 5.74) is 19.7. The Morgan fingerprint density at radius 1 is 0.295 bits per heavy atom. The summed E-state index contributed by atoms with van der Waals surface area (Å²) in [6.45, 7) is 4.65. The molecule has 2 heterocycles. The number of fused-ring (bicyclic) bond motifs is 4. The van der Waals surface area contributed by atoms with Gasteiger partial charge in [0.1, 0.15) is 0 Å². The zero-order valence-corrected chi connectivity index (χ0v) is 34.0. The number of benzene rings is 8. The van der Waals surface area contributed by atoms with E-state index < -0.39 is 0 Å². The van der Waals surface area contributed by atoms with E-state index in [2.05, 4.69) is 226 Å². The molecule has 1 aliphatic carbocycles. The van der Waals surface area contributed by atoms with Crippen LogP contribution in [0, 0.1) is 0 Å². The van der Waals surface area contributed by atoms with Crippen molar-refractivity contribution in [3.63, 3.8) is 0 Å². The van der Waals surface area contributed by atoms with E-state index in [1.807, 2.05) is 0 Å². The first kappa shape index (κ1) is 36.3. The molecule has 0 saturated heterocycles. The van der Waals surface area contributed by atoms with Crippen LogP contribution in [0.4, 0.5) is 0 Å². The lowest BCUT2D eigenvalue weighted by atomic mass is 9.82. The van der Waals surface area contributed by atoms with Gasteiger partial charge in [-0.25, -0.2) is 15.0 Å². The Balaban J connectivity index is 1.10. The van der Waals surface area contributed by atoms with E-state index in [9.17, 15) is 0 Å². The van der Waals surface area contributed by atoms with Crippen LogP contribution in [-0.2, 0) is 5.41 Å². The SMILES string of the molecule is CC1(C)c2ccccc2-c2cc3c(-c4cccc(-c5nc(-c6cccc(-c7ccccc7)c6)cc(-c6cccc(-c7ccccc7)c6)n5)c4)cc(-c4ccccc4)nc3cc21. The molecule has 288 valence electrons. The Morgan fingerprint density at radius 2 is 0.770 bits per heavy atom. The molecule has 0 bridgehead atoms. The summed E-state index contributed by atoms with van der Waals surface area (Å²) in [5.74, 6) is 0.669. The highest BCUT2D eigenvalue weighted by Crippen LogP contribution is 2.50. The third-order valence-corrected chi connectivity index (χ3v) is 12.3. The van der Waals surface area contributed by atoms with Crippen molar-refractivity contribution in [2.24, 2.45) is 0 Å². The van der Waals surface area contributed by atoms with E-state index in [-0.39, 0.29) is 5.41 Å². The zero-order chi connectivity index (χ0) is 40.9. The fourth-order valence-corrected chi connectivity index (χ4v) is 9.09. The summed E-state index contributed by atoms with van der Waals surface area (Å²) < 4.78 is 0. The summed E-state index contributed by atoms with van der Waals surface area (Å²) in [7, 11) is 0. The maximum absolute atomic E-state index is 5.34.